The summed E-state index contributed by atoms with van der Waals surface area (Å²) < 4.78 is 0. The van der Waals surface area contributed by atoms with E-state index in [4.69, 9.17) is 0 Å². The first-order valence-corrected chi connectivity index (χ1v) is 5.33. The largest absolute Gasteiger partial charge is 0.317 e. The molecule has 1 aliphatic rings. The van der Waals surface area contributed by atoms with Crippen LogP contribution in [-0.4, -0.2) is 37.1 Å². The standard InChI is InChI=1S/C10H22N2/c1-3-9-12(4-2)10-5-7-11-8-6-10/h10-11H,3-9H2,1-2H3. The summed E-state index contributed by atoms with van der Waals surface area (Å²) in [5.41, 5.74) is 0. The van der Waals surface area contributed by atoms with Gasteiger partial charge in [0.05, 0.1) is 0 Å². The molecule has 0 aromatic carbocycles. The van der Waals surface area contributed by atoms with Crippen molar-refractivity contribution in [3.05, 3.63) is 0 Å². The third-order valence-corrected chi connectivity index (χ3v) is 2.74. The Bertz CT molecular complexity index is 106. The third-order valence-electron chi connectivity index (χ3n) is 2.74. The molecule has 1 N–H and O–H groups in total. The van der Waals surface area contributed by atoms with Crippen molar-refractivity contribution in [1.29, 1.82) is 0 Å². The van der Waals surface area contributed by atoms with E-state index in [2.05, 4.69) is 24.1 Å². The highest BCUT2D eigenvalue weighted by molar-refractivity contribution is 4.76. The van der Waals surface area contributed by atoms with Crippen LogP contribution in [0.25, 0.3) is 0 Å². The third kappa shape index (κ3) is 2.76. The van der Waals surface area contributed by atoms with Crippen LogP contribution in [0.5, 0.6) is 0 Å². The summed E-state index contributed by atoms with van der Waals surface area (Å²) in [5, 5.41) is 3.41. The van der Waals surface area contributed by atoms with E-state index in [1.807, 2.05) is 0 Å². The average Bonchev–Trinajstić information content (AvgIpc) is 2.15. The molecular formula is C10H22N2. The quantitative estimate of drug-likeness (QED) is 0.687. The van der Waals surface area contributed by atoms with E-state index in [9.17, 15) is 0 Å². The predicted octanol–water partition coefficient (Wildman–Crippen LogP) is 1.47. The number of rotatable bonds is 4. The molecule has 0 bridgehead atoms. The smallest absolute Gasteiger partial charge is 0.0119 e. The highest BCUT2D eigenvalue weighted by Gasteiger charge is 2.18. The van der Waals surface area contributed by atoms with Gasteiger partial charge in [0.2, 0.25) is 0 Å². The number of nitrogens with one attached hydrogen (secondary N) is 1. The van der Waals surface area contributed by atoms with Crippen molar-refractivity contribution in [3.63, 3.8) is 0 Å². The lowest BCUT2D eigenvalue weighted by molar-refractivity contribution is 0.170. The predicted molar refractivity (Wildman–Crippen MR) is 53.4 cm³/mol. The van der Waals surface area contributed by atoms with Crippen LogP contribution in [0.2, 0.25) is 0 Å². The van der Waals surface area contributed by atoms with Gasteiger partial charge in [0, 0.05) is 6.04 Å². The van der Waals surface area contributed by atoms with Crippen molar-refractivity contribution in [2.75, 3.05) is 26.2 Å². The molecule has 12 heavy (non-hydrogen) atoms. The molecule has 2 heteroatoms. The summed E-state index contributed by atoms with van der Waals surface area (Å²) in [6, 6.07) is 0.858. The van der Waals surface area contributed by atoms with E-state index in [-0.39, 0.29) is 0 Å². The molecule has 1 aliphatic heterocycles. The Labute approximate surface area is 76.3 Å². The molecule has 72 valence electrons. The van der Waals surface area contributed by atoms with Crippen molar-refractivity contribution in [3.8, 4) is 0 Å². The molecule has 0 aromatic heterocycles. The Morgan fingerprint density at radius 1 is 1.25 bits per heavy atom. The Morgan fingerprint density at radius 2 is 1.92 bits per heavy atom. The second-order valence-electron chi connectivity index (χ2n) is 3.61. The summed E-state index contributed by atoms with van der Waals surface area (Å²) in [4.78, 5) is 2.63. The zero-order chi connectivity index (χ0) is 8.81. The fraction of sp³-hybridized carbons (Fsp3) is 1.00. The molecule has 0 aliphatic carbocycles. The van der Waals surface area contributed by atoms with Gasteiger partial charge in [-0.3, -0.25) is 0 Å². The van der Waals surface area contributed by atoms with Gasteiger partial charge < -0.3 is 10.2 Å². The molecule has 0 amide bonds. The Hall–Kier alpha value is -0.0800. The molecule has 0 aromatic rings. The summed E-state index contributed by atoms with van der Waals surface area (Å²) in [7, 11) is 0. The van der Waals surface area contributed by atoms with Crippen LogP contribution >= 0.6 is 0 Å². The average molecular weight is 170 g/mol. The summed E-state index contributed by atoms with van der Waals surface area (Å²) >= 11 is 0. The number of nitrogens with zero attached hydrogens (tertiary/aromatic N) is 1. The molecule has 1 rings (SSSR count). The topological polar surface area (TPSA) is 15.3 Å². The summed E-state index contributed by atoms with van der Waals surface area (Å²) in [6.07, 6.45) is 3.97. The minimum Gasteiger partial charge on any atom is -0.317 e. The van der Waals surface area contributed by atoms with Crippen molar-refractivity contribution >= 4 is 0 Å². The van der Waals surface area contributed by atoms with E-state index in [0.29, 0.717) is 0 Å². The monoisotopic (exact) mass is 170 g/mol. The van der Waals surface area contributed by atoms with Gasteiger partial charge in [0.1, 0.15) is 0 Å². The van der Waals surface area contributed by atoms with Crippen LogP contribution in [0, 0.1) is 0 Å². The van der Waals surface area contributed by atoms with Crippen molar-refractivity contribution < 1.29 is 0 Å². The summed E-state index contributed by atoms with van der Waals surface area (Å²) in [5.74, 6) is 0. The van der Waals surface area contributed by atoms with Gasteiger partial charge in [-0.25, -0.2) is 0 Å². The molecule has 0 radical (unpaired) electrons. The zero-order valence-corrected chi connectivity index (χ0v) is 8.47. The van der Waals surface area contributed by atoms with E-state index in [1.165, 1.54) is 45.4 Å². The van der Waals surface area contributed by atoms with Crippen LogP contribution < -0.4 is 5.32 Å². The van der Waals surface area contributed by atoms with E-state index >= 15 is 0 Å². The number of hydrogen-bond acceptors (Lipinski definition) is 2. The molecule has 0 saturated carbocycles. The minimum absolute atomic E-state index is 0.858. The fourth-order valence-corrected chi connectivity index (χ4v) is 2.06. The normalized spacial score (nSPS) is 20.2. The van der Waals surface area contributed by atoms with Crippen molar-refractivity contribution in [2.45, 2.75) is 39.2 Å². The van der Waals surface area contributed by atoms with Gasteiger partial charge in [-0.2, -0.15) is 0 Å². The molecule has 1 fully saturated rings. The molecule has 0 spiro atoms. The Morgan fingerprint density at radius 3 is 2.42 bits per heavy atom. The molecule has 1 heterocycles. The molecule has 0 unspecified atom stereocenters. The number of hydrogen-bond donors (Lipinski definition) is 1. The van der Waals surface area contributed by atoms with Gasteiger partial charge in [-0.05, 0) is 45.4 Å². The van der Waals surface area contributed by atoms with Crippen LogP contribution in [0.1, 0.15) is 33.1 Å². The van der Waals surface area contributed by atoms with Crippen molar-refractivity contribution in [2.24, 2.45) is 0 Å². The second kappa shape index (κ2) is 5.55. The Balaban J connectivity index is 2.29. The lowest BCUT2D eigenvalue weighted by atomic mass is 10.0. The van der Waals surface area contributed by atoms with Gasteiger partial charge in [-0.15, -0.1) is 0 Å². The molecule has 1 saturated heterocycles. The first-order chi connectivity index (χ1) is 5.88. The molecular weight excluding hydrogens is 148 g/mol. The Kier molecular flexibility index (Phi) is 4.62. The molecule has 0 atom stereocenters. The number of piperidine rings is 1. The van der Waals surface area contributed by atoms with Crippen LogP contribution in [0.4, 0.5) is 0 Å². The van der Waals surface area contributed by atoms with Crippen LogP contribution in [0.3, 0.4) is 0 Å². The second-order valence-corrected chi connectivity index (χ2v) is 3.61. The first-order valence-electron chi connectivity index (χ1n) is 5.33. The highest BCUT2D eigenvalue weighted by Crippen LogP contribution is 2.11. The lowest BCUT2D eigenvalue weighted by Gasteiger charge is -2.33. The van der Waals surface area contributed by atoms with Gasteiger partial charge in [0.25, 0.3) is 0 Å². The van der Waals surface area contributed by atoms with E-state index in [0.717, 1.165) is 6.04 Å². The maximum atomic E-state index is 3.41. The molecule has 2 nitrogen and oxygen atoms in total. The maximum Gasteiger partial charge on any atom is 0.0119 e. The zero-order valence-electron chi connectivity index (χ0n) is 8.47. The summed E-state index contributed by atoms with van der Waals surface area (Å²) in [6.45, 7) is 9.47. The minimum atomic E-state index is 0.858. The lowest BCUT2D eigenvalue weighted by Crippen LogP contribution is -2.43. The van der Waals surface area contributed by atoms with Crippen molar-refractivity contribution in [1.82, 2.24) is 10.2 Å². The fourth-order valence-electron chi connectivity index (χ4n) is 2.06. The van der Waals surface area contributed by atoms with Gasteiger partial charge >= 0.3 is 0 Å². The van der Waals surface area contributed by atoms with Crippen LogP contribution in [-0.2, 0) is 0 Å². The maximum absolute atomic E-state index is 3.41. The van der Waals surface area contributed by atoms with Gasteiger partial charge in [0.15, 0.2) is 0 Å². The first kappa shape index (κ1) is 10.0. The van der Waals surface area contributed by atoms with E-state index < -0.39 is 0 Å². The van der Waals surface area contributed by atoms with E-state index in [1.54, 1.807) is 0 Å². The van der Waals surface area contributed by atoms with Crippen LogP contribution in [0.15, 0.2) is 0 Å². The highest BCUT2D eigenvalue weighted by atomic mass is 15.2. The SMILES string of the molecule is CCCN(CC)C1CCNCC1. The van der Waals surface area contributed by atoms with Gasteiger partial charge in [-0.1, -0.05) is 13.8 Å².